The topological polar surface area (TPSA) is 135 Å². The lowest BCUT2D eigenvalue weighted by molar-refractivity contribution is -0.384. The molecule has 0 radical (unpaired) electrons. The number of hydrogen-bond acceptors (Lipinski definition) is 10. The molecule has 13 heteroatoms. The van der Waals surface area contributed by atoms with Gasteiger partial charge in [0.1, 0.15) is 29.1 Å². The highest BCUT2D eigenvalue weighted by atomic mass is 35.5. The fourth-order valence-corrected chi connectivity index (χ4v) is 5.96. The van der Waals surface area contributed by atoms with Gasteiger partial charge in [0.25, 0.3) is 11.2 Å². The molecule has 2 aromatic carbocycles. The molecule has 1 aliphatic heterocycles. The van der Waals surface area contributed by atoms with Crippen molar-refractivity contribution in [2.24, 2.45) is 4.99 Å². The Morgan fingerprint density at radius 1 is 1.19 bits per heavy atom. The van der Waals surface area contributed by atoms with E-state index in [-0.39, 0.29) is 22.9 Å². The number of thiazole rings is 1. The van der Waals surface area contributed by atoms with Crippen molar-refractivity contribution in [2.45, 2.75) is 19.9 Å². The van der Waals surface area contributed by atoms with E-state index in [1.807, 2.05) is 0 Å². The minimum absolute atomic E-state index is 0.140. The summed E-state index contributed by atoms with van der Waals surface area (Å²) in [6.07, 6.45) is 1.57. The van der Waals surface area contributed by atoms with Gasteiger partial charge in [-0.05, 0) is 50.2 Å². The number of halogens is 1. The van der Waals surface area contributed by atoms with E-state index in [1.165, 1.54) is 37.0 Å². The number of benzene rings is 2. The maximum Gasteiger partial charge on any atom is 0.338 e. The zero-order valence-electron chi connectivity index (χ0n) is 22.9. The van der Waals surface area contributed by atoms with E-state index >= 15 is 0 Å². The van der Waals surface area contributed by atoms with Crippen molar-refractivity contribution in [1.29, 1.82) is 0 Å². The summed E-state index contributed by atoms with van der Waals surface area (Å²) in [5.74, 6) is 1.08. The number of methoxy groups -OCH3 is 2. The van der Waals surface area contributed by atoms with Crippen molar-refractivity contribution in [1.82, 2.24) is 4.57 Å². The summed E-state index contributed by atoms with van der Waals surface area (Å²) in [4.78, 5) is 42.6. The molecule has 0 fully saturated rings. The van der Waals surface area contributed by atoms with Gasteiger partial charge < -0.3 is 18.6 Å². The lowest BCUT2D eigenvalue weighted by atomic mass is 9.95. The maximum atomic E-state index is 13.9. The van der Waals surface area contributed by atoms with Gasteiger partial charge in [0.15, 0.2) is 4.80 Å². The number of rotatable bonds is 8. The second-order valence-electron chi connectivity index (χ2n) is 9.03. The average Bonchev–Trinajstić information content (AvgIpc) is 3.55. The number of non-ortho nitro benzene ring substituents is 1. The van der Waals surface area contributed by atoms with E-state index in [9.17, 15) is 19.7 Å². The fraction of sp³-hybridized carbons (Fsp3) is 0.207. The van der Waals surface area contributed by atoms with Crippen LogP contribution in [0.15, 0.2) is 74.0 Å². The van der Waals surface area contributed by atoms with Crippen molar-refractivity contribution in [3.05, 3.63) is 106 Å². The van der Waals surface area contributed by atoms with Crippen molar-refractivity contribution >= 4 is 40.7 Å². The van der Waals surface area contributed by atoms with Crippen LogP contribution in [-0.4, -0.2) is 36.3 Å². The van der Waals surface area contributed by atoms with E-state index in [1.54, 1.807) is 50.3 Å². The molecule has 42 heavy (non-hydrogen) atoms. The predicted molar refractivity (Wildman–Crippen MR) is 156 cm³/mol. The summed E-state index contributed by atoms with van der Waals surface area (Å²) in [5.41, 5.74) is 1.04. The monoisotopic (exact) mass is 609 g/mol. The molecule has 1 aliphatic rings. The summed E-state index contributed by atoms with van der Waals surface area (Å²) < 4.78 is 24.1. The molecule has 4 aromatic rings. The van der Waals surface area contributed by atoms with Crippen LogP contribution in [0.25, 0.3) is 17.4 Å². The van der Waals surface area contributed by atoms with Crippen LogP contribution in [-0.2, 0) is 9.53 Å². The number of fused-ring (bicyclic) bond motifs is 1. The minimum Gasteiger partial charge on any atom is -0.497 e. The smallest absolute Gasteiger partial charge is 0.338 e. The largest absolute Gasteiger partial charge is 0.497 e. The molecule has 0 spiro atoms. The number of aromatic nitrogens is 1. The van der Waals surface area contributed by atoms with Crippen LogP contribution in [0.5, 0.6) is 11.5 Å². The standard InChI is InChI=1S/C29H24ClN3O8S/c1-5-40-28(35)25-15(2)31-29-32(26(25)20-13-17(38-3)7-10-22(20)39-4)27(34)24(42-29)14-18-8-11-23(41-18)19-9-6-16(33(36)37)12-21(19)30/h6-14,26H,5H2,1-4H3/b24-14+/t26-/m1/s1. The van der Waals surface area contributed by atoms with Crippen LogP contribution in [0.1, 0.15) is 31.2 Å². The van der Waals surface area contributed by atoms with Gasteiger partial charge >= 0.3 is 5.97 Å². The molecular formula is C29H24ClN3O8S. The number of allylic oxidation sites excluding steroid dienone is 1. The molecular weight excluding hydrogens is 586 g/mol. The Hall–Kier alpha value is -4.68. The highest BCUT2D eigenvalue weighted by molar-refractivity contribution is 7.07. The molecule has 216 valence electrons. The Bertz CT molecular complexity index is 1940. The van der Waals surface area contributed by atoms with E-state index in [4.69, 9.17) is 30.2 Å². The third-order valence-electron chi connectivity index (χ3n) is 6.58. The van der Waals surface area contributed by atoms with Gasteiger partial charge in [-0.2, -0.15) is 0 Å². The molecule has 3 heterocycles. The van der Waals surface area contributed by atoms with Crippen LogP contribution < -0.4 is 24.4 Å². The van der Waals surface area contributed by atoms with Crippen LogP contribution in [0.4, 0.5) is 5.69 Å². The summed E-state index contributed by atoms with van der Waals surface area (Å²) in [5, 5.41) is 11.2. The Morgan fingerprint density at radius 3 is 2.64 bits per heavy atom. The first-order valence-electron chi connectivity index (χ1n) is 12.6. The maximum absolute atomic E-state index is 13.9. The number of carbonyl (C=O) groups is 1. The molecule has 11 nitrogen and oxygen atoms in total. The number of nitro groups is 1. The molecule has 2 aromatic heterocycles. The summed E-state index contributed by atoms with van der Waals surface area (Å²) >= 11 is 7.40. The highest BCUT2D eigenvalue weighted by Crippen LogP contribution is 2.38. The van der Waals surface area contributed by atoms with Crippen molar-refractivity contribution in [2.75, 3.05) is 20.8 Å². The van der Waals surface area contributed by atoms with Gasteiger partial charge in [-0.1, -0.05) is 22.9 Å². The van der Waals surface area contributed by atoms with Gasteiger partial charge in [0.2, 0.25) is 0 Å². The Kier molecular flexibility index (Phi) is 8.01. The van der Waals surface area contributed by atoms with Crippen LogP contribution in [0, 0.1) is 10.1 Å². The van der Waals surface area contributed by atoms with Gasteiger partial charge in [0, 0.05) is 29.3 Å². The third-order valence-corrected chi connectivity index (χ3v) is 7.87. The van der Waals surface area contributed by atoms with Gasteiger partial charge in [-0.25, -0.2) is 9.79 Å². The lowest BCUT2D eigenvalue weighted by Gasteiger charge is -2.26. The van der Waals surface area contributed by atoms with Crippen molar-refractivity contribution < 1.29 is 28.3 Å². The molecule has 1 atom stereocenters. The van der Waals surface area contributed by atoms with Crippen molar-refractivity contribution in [3.8, 4) is 22.8 Å². The van der Waals surface area contributed by atoms with E-state index in [2.05, 4.69) is 4.99 Å². The first kappa shape index (κ1) is 28.8. The molecule has 5 rings (SSSR count). The third kappa shape index (κ3) is 5.21. The molecule has 0 unspecified atom stereocenters. The number of carbonyl (C=O) groups excluding carboxylic acids is 1. The van der Waals surface area contributed by atoms with Crippen molar-refractivity contribution in [3.63, 3.8) is 0 Å². The zero-order chi connectivity index (χ0) is 30.1. The van der Waals surface area contributed by atoms with Crippen LogP contribution in [0.3, 0.4) is 0 Å². The van der Waals surface area contributed by atoms with E-state index < -0.39 is 22.5 Å². The Balaban J connectivity index is 1.65. The number of nitro benzene ring substituents is 1. The number of furan rings is 1. The minimum atomic E-state index is -0.904. The van der Waals surface area contributed by atoms with E-state index in [0.29, 0.717) is 49.2 Å². The normalized spacial score (nSPS) is 14.8. The first-order valence-corrected chi connectivity index (χ1v) is 13.8. The van der Waals surface area contributed by atoms with Gasteiger partial charge in [-0.3, -0.25) is 19.5 Å². The molecule has 0 N–H and O–H groups in total. The van der Waals surface area contributed by atoms with Crippen LogP contribution in [0.2, 0.25) is 5.02 Å². The number of ether oxygens (including phenoxy) is 3. The predicted octanol–water partition coefficient (Wildman–Crippen LogP) is 4.64. The van der Waals surface area contributed by atoms with Crippen LogP contribution >= 0.6 is 22.9 Å². The SMILES string of the molecule is CCOC(=O)C1=C(C)N=c2s/c(=C/c3ccc(-c4ccc([N+](=O)[O-])cc4Cl)o3)c(=O)n2[C@@H]1c1cc(OC)ccc1OC. The molecule has 0 saturated heterocycles. The first-order chi connectivity index (χ1) is 20.2. The summed E-state index contributed by atoms with van der Waals surface area (Å²) in [6.45, 7) is 3.53. The van der Waals surface area contributed by atoms with E-state index in [0.717, 1.165) is 11.3 Å². The lowest BCUT2D eigenvalue weighted by Crippen LogP contribution is -2.40. The van der Waals surface area contributed by atoms with Gasteiger partial charge in [-0.15, -0.1) is 0 Å². The molecule has 0 aliphatic carbocycles. The fourth-order valence-electron chi connectivity index (χ4n) is 4.66. The molecule has 0 amide bonds. The average molecular weight is 610 g/mol. The highest BCUT2D eigenvalue weighted by Gasteiger charge is 2.35. The second kappa shape index (κ2) is 11.7. The second-order valence-corrected chi connectivity index (χ2v) is 10.4. The number of hydrogen-bond donors (Lipinski definition) is 0. The molecule has 0 saturated carbocycles. The summed E-state index contributed by atoms with van der Waals surface area (Å²) in [7, 11) is 3.02. The quantitative estimate of drug-likeness (QED) is 0.160. The molecule has 0 bridgehead atoms. The Labute approximate surface area is 247 Å². The Morgan fingerprint density at radius 2 is 1.98 bits per heavy atom. The van der Waals surface area contributed by atoms with Gasteiger partial charge in [0.05, 0.1) is 46.6 Å². The number of esters is 1. The zero-order valence-corrected chi connectivity index (χ0v) is 24.4. The summed E-state index contributed by atoms with van der Waals surface area (Å²) in [6, 6.07) is 11.6. The number of nitrogens with zero attached hydrogens (tertiary/aromatic N) is 3.